The molecule has 0 unspecified atom stereocenters. The van der Waals surface area contributed by atoms with Crippen LogP contribution < -0.4 is 10.1 Å². The molecular weight excluding hydrogens is 366 g/mol. The van der Waals surface area contributed by atoms with Crippen molar-refractivity contribution in [2.75, 3.05) is 7.11 Å². The molecule has 2 aromatic carbocycles. The van der Waals surface area contributed by atoms with Gasteiger partial charge in [0.15, 0.2) is 5.69 Å². The number of nitrogens with one attached hydrogen (secondary N) is 1. The molecule has 0 saturated carbocycles. The SMILES string of the molecule is COc1ccccc1-n1nnc(C(=O)NCc2ccccc2)c1-c1ccncc1. The Labute approximate surface area is 168 Å². The van der Waals surface area contributed by atoms with Crippen LogP contribution >= 0.6 is 0 Å². The molecule has 2 aromatic heterocycles. The summed E-state index contributed by atoms with van der Waals surface area (Å²) in [6.07, 6.45) is 3.33. The van der Waals surface area contributed by atoms with Gasteiger partial charge < -0.3 is 10.1 Å². The topological polar surface area (TPSA) is 81.9 Å². The molecule has 29 heavy (non-hydrogen) atoms. The van der Waals surface area contributed by atoms with E-state index in [1.165, 1.54) is 0 Å². The first-order chi connectivity index (χ1) is 14.3. The van der Waals surface area contributed by atoms with E-state index < -0.39 is 0 Å². The molecule has 7 heteroatoms. The number of carbonyl (C=O) groups is 1. The number of rotatable bonds is 6. The van der Waals surface area contributed by atoms with Gasteiger partial charge >= 0.3 is 0 Å². The minimum absolute atomic E-state index is 0.234. The number of pyridine rings is 1. The molecule has 0 saturated heterocycles. The number of carbonyl (C=O) groups excluding carboxylic acids is 1. The second kappa shape index (κ2) is 8.35. The third-order valence-corrected chi connectivity index (χ3v) is 4.45. The number of benzene rings is 2. The summed E-state index contributed by atoms with van der Waals surface area (Å²) < 4.78 is 7.08. The molecule has 7 nitrogen and oxygen atoms in total. The van der Waals surface area contributed by atoms with Crippen molar-refractivity contribution < 1.29 is 9.53 Å². The summed E-state index contributed by atoms with van der Waals surface area (Å²) in [7, 11) is 1.59. The van der Waals surface area contributed by atoms with Gasteiger partial charge in [-0.1, -0.05) is 47.7 Å². The summed E-state index contributed by atoms with van der Waals surface area (Å²) in [5.74, 6) is 0.325. The number of hydrogen-bond acceptors (Lipinski definition) is 5. The quantitative estimate of drug-likeness (QED) is 0.551. The molecule has 4 rings (SSSR count). The fourth-order valence-electron chi connectivity index (χ4n) is 3.04. The van der Waals surface area contributed by atoms with Gasteiger partial charge in [-0.25, -0.2) is 4.68 Å². The lowest BCUT2D eigenvalue weighted by Gasteiger charge is -2.11. The van der Waals surface area contributed by atoms with Gasteiger partial charge in [-0.2, -0.15) is 0 Å². The molecule has 144 valence electrons. The van der Waals surface area contributed by atoms with E-state index in [1.807, 2.05) is 66.7 Å². The first-order valence-electron chi connectivity index (χ1n) is 9.09. The minimum atomic E-state index is -0.304. The number of nitrogens with zero attached hydrogens (tertiary/aromatic N) is 4. The first kappa shape index (κ1) is 18.4. The Hall–Kier alpha value is -4.00. The zero-order valence-corrected chi connectivity index (χ0v) is 15.8. The summed E-state index contributed by atoms with van der Waals surface area (Å²) in [4.78, 5) is 17.0. The lowest BCUT2D eigenvalue weighted by atomic mass is 10.1. The second-order valence-electron chi connectivity index (χ2n) is 6.27. The molecular formula is C22H19N5O2. The van der Waals surface area contributed by atoms with Crippen molar-refractivity contribution in [3.8, 4) is 22.7 Å². The highest BCUT2D eigenvalue weighted by Gasteiger charge is 2.23. The smallest absolute Gasteiger partial charge is 0.274 e. The molecule has 0 bridgehead atoms. The summed E-state index contributed by atoms with van der Waals surface area (Å²) >= 11 is 0. The summed E-state index contributed by atoms with van der Waals surface area (Å²) in [6.45, 7) is 0.400. The molecule has 0 atom stereocenters. The van der Waals surface area contributed by atoms with Crippen LogP contribution in [0.3, 0.4) is 0 Å². The van der Waals surface area contributed by atoms with Crippen LogP contribution in [0.25, 0.3) is 16.9 Å². The maximum atomic E-state index is 12.9. The molecule has 0 radical (unpaired) electrons. The van der Waals surface area contributed by atoms with Gasteiger partial charge in [-0.15, -0.1) is 5.10 Å². The predicted molar refractivity (Wildman–Crippen MR) is 109 cm³/mol. The monoisotopic (exact) mass is 385 g/mol. The Bertz CT molecular complexity index is 1110. The third kappa shape index (κ3) is 3.84. The predicted octanol–water partition coefficient (Wildman–Crippen LogP) is 3.27. The second-order valence-corrected chi connectivity index (χ2v) is 6.27. The van der Waals surface area contributed by atoms with E-state index in [9.17, 15) is 4.79 Å². The molecule has 1 N–H and O–H groups in total. The Balaban J connectivity index is 1.75. The Kier molecular flexibility index (Phi) is 5.29. The standard InChI is InChI=1S/C22H19N5O2/c1-29-19-10-6-5-9-18(19)27-21(17-11-13-23-14-12-17)20(25-26-27)22(28)24-15-16-7-3-2-4-8-16/h2-14H,15H2,1H3,(H,24,28). The number of para-hydroxylation sites is 2. The van der Waals surface area contributed by atoms with Crippen molar-refractivity contribution in [1.82, 2.24) is 25.3 Å². The van der Waals surface area contributed by atoms with Crippen LogP contribution in [0.5, 0.6) is 5.75 Å². The highest BCUT2D eigenvalue weighted by atomic mass is 16.5. The number of hydrogen-bond donors (Lipinski definition) is 1. The van der Waals surface area contributed by atoms with Crippen molar-refractivity contribution in [3.63, 3.8) is 0 Å². The lowest BCUT2D eigenvalue weighted by Crippen LogP contribution is -2.24. The summed E-state index contributed by atoms with van der Waals surface area (Å²) in [6, 6.07) is 20.8. The largest absolute Gasteiger partial charge is 0.494 e. The van der Waals surface area contributed by atoms with Crippen LogP contribution in [-0.2, 0) is 6.54 Å². The van der Waals surface area contributed by atoms with Gasteiger partial charge in [0.05, 0.1) is 7.11 Å². The zero-order chi connectivity index (χ0) is 20.1. The van der Waals surface area contributed by atoms with Crippen molar-refractivity contribution in [2.24, 2.45) is 0 Å². The number of ether oxygens (including phenoxy) is 1. The fourth-order valence-corrected chi connectivity index (χ4v) is 3.04. The fraction of sp³-hybridized carbons (Fsp3) is 0.0909. The van der Waals surface area contributed by atoms with E-state index >= 15 is 0 Å². The molecule has 4 aromatic rings. The maximum absolute atomic E-state index is 12.9. The Morgan fingerprint density at radius 3 is 2.48 bits per heavy atom. The zero-order valence-electron chi connectivity index (χ0n) is 15.8. The van der Waals surface area contributed by atoms with Crippen molar-refractivity contribution >= 4 is 5.91 Å². The van der Waals surface area contributed by atoms with Crippen LogP contribution in [0.4, 0.5) is 0 Å². The summed E-state index contributed by atoms with van der Waals surface area (Å²) in [5.41, 5.74) is 3.28. The van der Waals surface area contributed by atoms with Gasteiger partial charge in [-0.3, -0.25) is 9.78 Å². The van der Waals surface area contributed by atoms with Gasteiger partial charge in [-0.05, 0) is 29.8 Å². The van der Waals surface area contributed by atoms with Gasteiger partial charge in [0, 0.05) is 24.5 Å². The normalized spacial score (nSPS) is 10.5. The highest BCUT2D eigenvalue weighted by Crippen LogP contribution is 2.29. The van der Waals surface area contributed by atoms with Gasteiger partial charge in [0.1, 0.15) is 17.1 Å². The van der Waals surface area contributed by atoms with Crippen LogP contribution in [0.15, 0.2) is 79.1 Å². The minimum Gasteiger partial charge on any atom is -0.494 e. The number of methoxy groups -OCH3 is 1. The van der Waals surface area contributed by atoms with E-state index in [-0.39, 0.29) is 11.6 Å². The van der Waals surface area contributed by atoms with Crippen LogP contribution in [0.2, 0.25) is 0 Å². The van der Waals surface area contributed by atoms with E-state index in [1.54, 1.807) is 24.2 Å². The third-order valence-electron chi connectivity index (χ3n) is 4.45. The van der Waals surface area contributed by atoms with Gasteiger partial charge in [0.2, 0.25) is 0 Å². The Morgan fingerprint density at radius 1 is 1.00 bits per heavy atom. The molecule has 0 aliphatic carbocycles. The Morgan fingerprint density at radius 2 is 1.72 bits per heavy atom. The van der Waals surface area contributed by atoms with Gasteiger partial charge in [0.25, 0.3) is 5.91 Å². The average molecular weight is 385 g/mol. The van der Waals surface area contributed by atoms with Crippen molar-refractivity contribution in [1.29, 1.82) is 0 Å². The van der Waals surface area contributed by atoms with Crippen LogP contribution in [0.1, 0.15) is 16.1 Å². The first-order valence-corrected chi connectivity index (χ1v) is 9.09. The summed E-state index contributed by atoms with van der Waals surface area (Å²) in [5, 5.41) is 11.4. The number of amides is 1. The van der Waals surface area contributed by atoms with Crippen LogP contribution in [0, 0.1) is 0 Å². The van der Waals surface area contributed by atoms with Crippen LogP contribution in [-0.4, -0.2) is 33.0 Å². The number of aromatic nitrogens is 4. The average Bonchev–Trinajstić information content (AvgIpc) is 3.24. The molecule has 0 aliphatic heterocycles. The lowest BCUT2D eigenvalue weighted by molar-refractivity contribution is 0.0946. The maximum Gasteiger partial charge on any atom is 0.274 e. The molecule has 0 spiro atoms. The molecule has 1 amide bonds. The van der Waals surface area contributed by atoms with Crippen molar-refractivity contribution in [3.05, 3.63) is 90.4 Å². The molecule has 0 aliphatic rings. The van der Waals surface area contributed by atoms with E-state index in [0.717, 1.165) is 11.1 Å². The molecule has 0 fully saturated rings. The molecule has 2 heterocycles. The highest BCUT2D eigenvalue weighted by molar-refractivity contribution is 5.98. The van der Waals surface area contributed by atoms with E-state index in [2.05, 4.69) is 20.6 Å². The van der Waals surface area contributed by atoms with Crippen molar-refractivity contribution in [2.45, 2.75) is 6.54 Å². The van der Waals surface area contributed by atoms with E-state index in [0.29, 0.717) is 23.7 Å². The van der Waals surface area contributed by atoms with E-state index in [4.69, 9.17) is 4.74 Å².